The Morgan fingerprint density at radius 2 is 1.70 bits per heavy atom. The van der Waals surface area contributed by atoms with E-state index in [0.29, 0.717) is 11.1 Å². The number of carbonyl (C=O) groups excluding carboxylic acids is 3. The molecule has 0 spiro atoms. The molecule has 2 heterocycles. The number of nitrogens with zero attached hydrogens (tertiary/aromatic N) is 2. The first kappa shape index (κ1) is 29.7. The summed E-state index contributed by atoms with van der Waals surface area (Å²) in [6.45, 7) is 0.935. The van der Waals surface area contributed by atoms with Gasteiger partial charge in [-0.15, -0.1) is 13.2 Å². The van der Waals surface area contributed by atoms with Crippen LogP contribution in [0.25, 0.3) is 11.1 Å². The standard InChI is InChI=1S/C29H23F6N3O5/c1-16-11-20(43-29(33,34)35)6-8-24(16)42-15-25(39)37-9-10-38-23(14-37)26(40)36-22-7-5-18(13-21(22)27(38)41)17-3-2-4-19(12-17)28(30,31)32/h2-8,11-13,23H,9-10,14-15H2,1H3,(H,36,40)/t23-/m1/s1. The van der Waals surface area contributed by atoms with E-state index in [4.69, 9.17) is 4.74 Å². The second-order valence-electron chi connectivity index (χ2n) is 9.95. The highest BCUT2D eigenvalue weighted by Crippen LogP contribution is 2.35. The number of nitrogens with one attached hydrogen (secondary N) is 1. The van der Waals surface area contributed by atoms with Crippen molar-refractivity contribution < 1.29 is 50.2 Å². The van der Waals surface area contributed by atoms with E-state index in [0.717, 1.165) is 24.3 Å². The normalized spacial score (nSPS) is 17.0. The summed E-state index contributed by atoms with van der Waals surface area (Å²) in [7, 11) is 0. The van der Waals surface area contributed by atoms with Crippen LogP contribution in [-0.2, 0) is 15.8 Å². The van der Waals surface area contributed by atoms with E-state index in [1.807, 2.05) is 0 Å². The second-order valence-corrected chi connectivity index (χ2v) is 9.95. The number of rotatable bonds is 5. The number of benzene rings is 3. The Morgan fingerprint density at radius 1 is 0.953 bits per heavy atom. The summed E-state index contributed by atoms with van der Waals surface area (Å²) in [5.41, 5.74) is 0.343. The van der Waals surface area contributed by atoms with Crippen LogP contribution in [0.15, 0.2) is 60.7 Å². The van der Waals surface area contributed by atoms with Gasteiger partial charge in [0.2, 0.25) is 5.91 Å². The van der Waals surface area contributed by atoms with Crippen molar-refractivity contribution in [2.45, 2.75) is 25.5 Å². The van der Waals surface area contributed by atoms with Gasteiger partial charge in [-0.3, -0.25) is 14.4 Å². The highest BCUT2D eigenvalue weighted by molar-refractivity contribution is 6.10. The fraction of sp³-hybridized carbons (Fsp3) is 0.276. The third-order valence-electron chi connectivity index (χ3n) is 7.06. The van der Waals surface area contributed by atoms with Gasteiger partial charge in [0.1, 0.15) is 17.5 Å². The van der Waals surface area contributed by atoms with Crippen LogP contribution in [0.4, 0.5) is 32.0 Å². The maximum atomic E-state index is 13.5. The van der Waals surface area contributed by atoms with Gasteiger partial charge >= 0.3 is 12.5 Å². The lowest BCUT2D eigenvalue weighted by Gasteiger charge is -2.39. The van der Waals surface area contributed by atoms with Gasteiger partial charge in [-0.1, -0.05) is 18.2 Å². The van der Waals surface area contributed by atoms with Gasteiger partial charge in [0, 0.05) is 13.1 Å². The van der Waals surface area contributed by atoms with Gasteiger partial charge < -0.3 is 24.6 Å². The first-order valence-electron chi connectivity index (χ1n) is 12.9. The number of hydrogen-bond acceptors (Lipinski definition) is 5. The fourth-order valence-corrected chi connectivity index (χ4v) is 4.94. The first-order valence-corrected chi connectivity index (χ1v) is 12.9. The molecule has 43 heavy (non-hydrogen) atoms. The summed E-state index contributed by atoms with van der Waals surface area (Å²) in [4.78, 5) is 42.2. The minimum atomic E-state index is -4.86. The van der Waals surface area contributed by atoms with E-state index in [9.17, 15) is 40.7 Å². The predicted molar refractivity (Wildman–Crippen MR) is 140 cm³/mol. The van der Waals surface area contributed by atoms with Crippen molar-refractivity contribution in [3.63, 3.8) is 0 Å². The largest absolute Gasteiger partial charge is 0.573 e. The smallest absolute Gasteiger partial charge is 0.483 e. The predicted octanol–water partition coefficient (Wildman–Crippen LogP) is 5.26. The SMILES string of the molecule is Cc1cc(OC(F)(F)F)ccc1OCC(=O)N1CCN2C(=O)c3cc(-c4cccc(C(F)(F)F)c4)ccc3NC(=O)[C@H]2C1. The summed E-state index contributed by atoms with van der Waals surface area (Å²) in [6, 6.07) is 11.4. The molecule has 1 saturated heterocycles. The monoisotopic (exact) mass is 607 g/mol. The molecule has 5 rings (SSSR count). The van der Waals surface area contributed by atoms with Gasteiger partial charge in [-0.25, -0.2) is 0 Å². The third kappa shape index (κ3) is 6.52. The van der Waals surface area contributed by atoms with Crippen LogP contribution >= 0.6 is 0 Å². The van der Waals surface area contributed by atoms with Crippen LogP contribution < -0.4 is 14.8 Å². The molecular formula is C29H23F6N3O5. The van der Waals surface area contributed by atoms with Gasteiger partial charge in [0.05, 0.1) is 23.4 Å². The molecule has 2 aliphatic heterocycles. The molecule has 1 atom stereocenters. The van der Waals surface area contributed by atoms with Crippen LogP contribution in [0.2, 0.25) is 0 Å². The topological polar surface area (TPSA) is 88.2 Å². The fourth-order valence-electron chi connectivity index (χ4n) is 4.94. The number of fused-ring (bicyclic) bond motifs is 2. The van der Waals surface area contributed by atoms with Crippen LogP contribution in [0.1, 0.15) is 21.5 Å². The number of halogens is 6. The quantitative estimate of drug-likeness (QED) is 0.400. The number of carbonyl (C=O) groups is 3. The number of piperazine rings is 1. The molecule has 14 heteroatoms. The Bertz CT molecular complexity index is 1590. The molecule has 0 bridgehead atoms. The molecule has 3 amide bonds. The van der Waals surface area contributed by atoms with Gasteiger partial charge in [-0.05, 0) is 66.1 Å². The Kier molecular flexibility index (Phi) is 7.71. The molecule has 0 aliphatic carbocycles. The molecule has 0 unspecified atom stereocenters. The Hall–Kier alpha value is -4.75. The van der Waals surface area contributed by atoms with Crippen molar-refractivity contribution in [1.29, 1.82) is 0 Å². The molecule has 1 fully saturated rings. The Labute approximate surface area is 240 Å². The maximum Gasteiger partial charge on any atom is 0.573 e. The van der Waals surface area contributed by atoms with Crippen molar-refractivity contribution in [1.82, 2.24) is 9.80 Å². The second kappa shape index (κ2) is 11.2. The van der Waals surface area contributed by atoms with Crippen molar-refractivity contribution in [3.05, 3.63) is 77.4 Å². The number of alkyl halides is 6. The summed E-state index contributed by atoms with van der Waals surface area (Å²) >= 11 is 0. The lowest BCUT2D eigenvalue weighted by molar-refractivity contribution is -0.274. The van der Waals surface area contributed by atoms with Crippen LogP contribution in [-0.4, -0.2) is 66.2 Å². The van der Waals surface area contributed by atoms with E-state index >= 15 is 0 Å². The average Bonchev–Trinajstić information content (AvgIpc) is 3.04. The maximum absolute atomic E-state index is 13.5. The third-order valence-corrected chi connectivity index (χ3v) is 7.06. The number of aryl methyl sites for hydroxylation is 1. The van der Waals surface area contributed by atoms with E-state index in [1.165, 1.54) is 53.1 Å². The molecular weight excluding hydrogens is 584 g/mol. The van der Waals surface area contributed by atoms with Gasteiger partial charge in [0.25, 0.3) is 11.8 Å². The zero-order chi connectivity index (χ0) is 31.1. The molecule has 0 aromatic heterocycles. The number of anilines is 1. The molecule has 2 aliphatic rings. The number of hydrogen-bond donors (Lipinski definition) is 1. The molecule has 0 saturated carbocycles. The van der Waals surface area contributed by atoms with Crippen molar-refractivity contribution in [3.8, 4) is 22.6 Å². The van der Waals surface area contributed by atoms with E-state index in [1.54, 1.807) is 0 Å². The highest BCUT2D eigenvalue weighted by atomic mass is 19.4. The van der Waals surface area contributed by atoms with Crippen LogP contribution in [0, 0.1) is 6.92 Å². The average molecular weight is 608 g/mol. The lowest BCUT2D eigenvalue weighted by Crippen LogP contribution is -2.60. The number of ether oxygens (including phenoxy) is 2. The zero-order valence-corrected chi connectivity index (χ0v) is 22.4. The molecule has 3 aromatic rings. The van der Waals surface area contributed by atoms with Crippen LogP contribution in [0.5, 0.6) is 11.5 Å². The van der Waals surface area contributed by atoms with Crippen LogP contribution in [0.3, 0.4) is 0 Å². The number of amides is 3. The van der Waals surface area contributed by atoms with Crippen molar-refractivity contribution in [2.75, 3.05) is 31.6 Å². The molecule has 8 nitrogen and oxygen atoms in total. The minimum absolute atomic E-state index is 0.00159. The minimum Gasteiger partial charge on any atom is -0.483 e. The Balaban J connectivity index is 1.27. The molecule has 1 N–H and O–H groups in total. The van der Waals surface area contributed by atoms with E-state index in [2.05, 4.69) is 10.1 Å². The molecule has 226 valence electrons. The highest BCUT2D eigenvalue weighted by Gasteiger charge is 2.40. The summed E-state index contributed by atoms with van der Waals surface area (Å²) < 4.78 is 86.4. The molecule has 0 radical (unpaired) electrons. The Morgan fingerprint density at radius 3 is 2.40 bits per heavy atom. The van der Waals surface area contributed by atoms with Crippen molar-refractivity contribution >= 4 is 23.4 Å². The zero-order valence-electron chi connectivity index (χ0n) is 22.4. The van der Waals surface area contributed by atoms with E-state index in [-0.39, 0.29) is 42.2 Å². The van der Waals surface area contributed by atoms with Gasteiger partial charge in [-0.2, -0.15) is 13.2 Å². The van der Waals surface area contributed by atoms with Gasteiger partial charge in [0.15, 0.2) is 6.61 Å². The van der Waals surface area contributed by atoms with Crippen molar-refractivity contribution in [2.24, 2.45) is 0 Å². The first-order chi connectivity index (χ1) is 20.2. The summed E-state index contributed by atoms with van der Waals surface area (Å²) in [5.74, 6) is -1.85. The summed E-state index contributed by atoms with van der Waals surface area (Å²) in [5, 5.41) is 2.67. The molecule has 3 aromatic carbocycles. The lowest BCUT2D eigenvalue weighted by atomic mass is 9.99. The van der Waals surface area contributed by atoms with E-state index < -0.39 is 54.2 Å². The summed E-state index contributed by atoms with van der Waals surface area (Å²) in [6.07, 6.45) is -9.40.